The van der Waals surface area contributed by atoms with E-state index in [1.165, 1.54) is 0 Å². The fourth-order valence-electron chi connectivity index (χ4n) is 1.39. The maximum atomic E-state index is 11.4. The van der Waals surface area contributed by atoms with Crippen LogP contribution in [-0.2, 0) is 9.59 Å². The lowest BCUT2D eigenvalue weighted by molar-refractivity contribution is -0.147. The molecule has 0 fully saturated rings. The van der Waals surface area contributed by atoms with E-state index in [4.69, 9.17) is 38.2 Å². The molecule has 1 amide bonds. The number of carboxylic acids is 1. The third-order valence-corrected chi connectivity index (χ3v) is 3.25. The van der Waals surface area contributed by atoms with Gasteiger partial charge < -0.3 is 20.3 Å². The lowest BCUT2D eigenvalue weighted by atomic mass is 10.2. The number of aliphatic hydroxyl groups excluding tert-OH is 1. The Balaban J connectivity index is 2.21. The maximum absolute atomic E-state index is 11.4. The Bertz CT molecular complexity index is 509. The first kappa shape index (κ1) is 17.6. The molecule has 1 unspecified atom stereocenters. The fourth-order valence-corrected chi connectivity index (χ4v) is 1.68. The van der Waals surface area contributed by atoms with Gasteiger partial charge in [0.25, 0.3) is 0 Å². The number of aliphatic carboxylic acids is 1. The molecule has 1 aromatic rings. The van der Waals surface area contributed by atoms with Crippen LogP contribution < -0.4 is 10.1 Å². The second kappa shape index (κ2) is 8.71. The number of benzene rings is 1. The highest BCUT2D eigenvalue weighted by Gasteiger charge is 2.12. The molecule has 21 heavy (non-hydrogen) atoms. The summed E-state index contributed by atoms with van der Waals surface area (Å²) < 4.78 is 5.33. The van der Waals surface area contributed by atoms with Crippen LogP contribution in [0.25, 0.3) is 0 Å². The average molecular weight is 336 g/mol. The van der Waals surface area contributed by atoms with E-state index in [1.807, 2.05) is 0 Å². The number of rotatable bonds is 8. The monoisotopic (exact) mass is 335 g/mol. The normalized spacial score (nSPS) is 11.8. The Morgan fingerprint density at radius 2 is 2.00 bits per heavy atom. The number of hydrogen-bond donors (Lipinski definition) is 3. The van der Waals surface area contributed by atoms with Crippen LogP contribution >= 0.6 is 23.2 Å². The van der Waals surface area contributed by atoms with Gasteiger partial charge >= 0.3 is 5.97 Å². The van der Waals surface area contributed by atoms with Crippen molar-refractivity contribution < 1.29 is 24.5 Å². The number of ether oxygens (including phenoxy) is 1. The molecule has 1 rings (SSSR count). The molecule has 8 heteroatoms. The van der Waals surface area contributed by atoms with Gasteiger partial charge in [0, 0.05) is 19.0 Å². The summed E-state index contributed by atoms with van der Waals surface area (Å²) in [6.07, 6.45) is -1.42. The molecule has 0 aromatic heterocycles. The molecule has 6 nitrogen and oxygen atoms in total. The number of carbonyl (C=O) groups is 2. The lowest BCUT2D eigenvalue weighted by Crippen LogP contribution is -2.30. The molecule has 116 valence electrons. The summed E-state index contributed by atoms with van der Waals surface area (Å²) in [4.78, 5) is 21.8. The van der Waals surface area contributed by atoms with Crippen LogP contribution in [0, 0.1) is 0 Å². The molecule has 1 atom stereocenters. The zero-order chi connectivity index (χ0) is 15.8. The van der Waals surface area contributed by atoms with Crippen molar-refractivity contribution in [3.63, 3.8) is 0 Å². The number of amides is 1. The summed E-state index contributed by atoms with van der Waals surface area (Å²) >= 11 is 11.6. The lowest BCUT2D eigenvalue weighted by Gasteiger charge is -2.09. The standard InChI is InChI=1S/C13H15Cl2NO5/c14-9-2-1-8(7-10(9)15)21-6-4-12(18)16-5-3-11(17)13(19)20/h1-2,7,11,17H,3-6H2,(H,16,18)(H,19,20). The van der Waals surface area contributed by atoms with E-state index in [0.29, 0.717) is 15.8 Å². The number of carboxylic acid groups (broad SMARTS) is 1. The molecule has 1 aromatic carbocycles. The summed E-state index contributed by atoms with van der Waals surface area (Å²) in [5.41, 5.74) is 0. The summed E-state index contributed by atoms with van der Waals surface area (Å²) in [5, 5.41) is 20.7. The van der Waals surface area contributed by atoms with E-state index in [0.717, 1.165) is 0 Å². The quantitative estimate of drug-likeness (QED) is 0.672. The zero-order valence-corrected chi connectivity index (χ0v) is 12.5. The largest absolute Gasteiger partial charge is 0.493 e. The van der Waals surface area contributed by atoms with Gasteiger partial charge in [0.05, 0.1) is 23.1 Å². The van der Waals surface area contributed by atoms with Crippen LogP contribution in [0.3, 0.4) is 0 Å². The number of aliphatic hydroxyl groups is 1. The van der Waals surface area contributed by atoms with Gasteiger partial charge in [-0.05, 0) is 12.1 Å². The molecular weight excluding hydrogens is 321 g/mol. The minimum atomic E-state index is -1.47. The molecule has 0 saturated carbocycles. The zero-order valence-electron chi connectivity index (χ0n) is 11.0. The van der Waals surface area contributed by atoms with Crippen LogP contribution in [0.1, 0.15) is 12.8 Å². The fraction of sp³-hybridized carbons (Fsp3) is 0.385. The first-order valence-corrected chi connectivity index (χ1v) is 6.91. The Labute approximate surface area is 131 Å². The van der Waals surface area contributed by atoms with Gasteiger partial charge in [-0.1, -0.05) is 23.2 Å². The van der Waals surface area contributed by atoms with E-state index in [9.17, 15) is 9.59 Å². The molecule has 0 aliphatic heterocycles. The Morgan fingerprint density at radius 1 is 1.29 bits per heavy atom. The smallest absolute Gasteiger partial charge is 0.332 e. The van der Waals surface area contributed by atoms with Gasteiger partial charge in [0.15, 0.2) is 6.10 Å². The van der Waals surface area contributed by atoms with Gasteiger partial charge in [-0.3, -0.25) is 4.79 Å². The predicted octanol–water partition coefficient (Wildman–Crippen LogP) is 1.71. The van der Waals surface area contributed by atoms with E-state index in [1.54, 1.807) is 18.2 Å². The molecule has 0 bridgehead atoms. The number of carbonyl (C=O) groups excluding carboxylic acids is 1. The van der Waals surface area contributed by atoms with E-state index in [-0.39, 0.29) is 31.9 Å². The van der Waals surface area contributed by atoms with Crippen molar-refractivity contribution >= 4 is 35.1 Å². The third-order valence-electron chi connectivity index (χ3n) is 2.51. The first-order chi connectivity index (χ1) is 9.90. The van der Waals surface area contributed by atoms with Crippen molar-refractivity contribution in [3.8, 4) is 5.75 Å². The van der Waals surface area contributed by atoms with Crippen LogP contribution in [0.5, 0.6) is 5.75 Å². The number of halogens is 2. The Kier molecular flexibility index (Phi) is 7.28. The molecule has 0 heterocycles. The topological polar surface area (TPSA) is 95.9 Å². The van der Waals surface area contributed by atoms with Crippen LogP contribution in [0.15, 0.2) is 18.2 Å². The van der Waals surface area contributed by atoms with Crippen LogP contribution in [0.4, 0.5) is 0 Å². The third kappa shape index (κ3) is 6.66. The van der Waals surface area contributed by atoms with Crippen molar-refractivity contribution in [2.24, 2.45) is 0 Å². The summed E-state index contributed by atoms with van der Waals surface area (Å²) in [5.74, 6) is -1.11. The molecule has 0 aliphatic carbocycles. The summed E-state index contributed by atoms with van der Waals surface area (Å²) in [7, 11) is 0. The van der Waals surface area contributed by atoms with Crippen LogP contribution in [-0.4, -0.2) is 41.3 Å². The van der Waals surface area contributed by atoms with Crippen molar-refractivity contribution in [3.05, 3.63) is 28.2 Å². The van der Waals surface area contributed by atoms with E-state index >= 15 is 0 Å². The molecule has 0 saturated heterocycles. The second-order valence-corrected chi connectivity index (χ2v) is 4.98. The summed E-state index contributed by atoms with van der Waals surface area (Å²) in [6.45, 7) is 0.227. The number of hydrogen-bond acceptors (Lipinski definition) is 4. The highest BCUT2D eigenvalue weighted by molar-refractivity contribution is 6.42. The molecule has 0 aliphatic rings. The van der Waals surface area contributed by atoms with Crippen molar-refractivity contribution in [1.82, 2.24) is 5.32 Å². The SMILES string of the molecule is O=C(CCOc1ccc(Cl)c(Cl)c1)NCCC(O)C(=O)O. The van der Waals surface area contributed by atoms with Gasteiger partial charge in [-0.2, -0.15) is 0 Å². The first-order valence-electron chi connectivity index (χ1n) is 6.15. The Hall–Kier alpha value is -1.50. The molecule has 0 radical (unpaired) electrons. The highest BCUT2D eigenvalue weighted by Crippen LogP contribution is 2.26. The van der Waals surface area contributed by atoms with Gasteiger partial charge in [0.1, 0.15) is 5.75 Å². The summed E-state index contributed by atoms with van der Waals surface area (Å²) in [6, 6.07) is 4.77. The van der Waals surface area contributed by atoms with Gasteiger partial charge in [0.2, 0.25) is 5.91 Å². The minimum absolute atomic E-state index is 0.0469. The van der Waals surface area contributed by atoms with Crippen molar-refractivity contribution in [2.45, 2.75) is 18.9 Å². The van der Waals surface area contributed by atoms with Crippen molar-refractivity contribution in [2.75, 3.05) is 13.2 Å². The second-order valence-electron chi connectivity index (χ2n) is 4.17. The maximum Gasteiger partial charge on any atom is 0.332 e. The average Bonchev–Trinajstić information content (AvgIpc) is 2.42. The van der Waals surface area contributed by atoms with E-state index in [2.05, 4.69) is 5.32 Å². The van der Waals surface area contributed by atoms with Crippen molar-refractivity contribution in [1.29, 1.82) is 0 Å². The molecule has 0 spiro atoms. The highest BCUT2D eigenvalue weighted by atomic mass is 35.5. The van der Waals surface area contributed by atoms with E-state index < -0.39 is 12.1 Å². The predicted molar refractivity (Wildman–Crippen MR) is 77.8 cm³/mol. The van der Waals surface area contributed by atoms with Gasteiger partial charge in [-0.25, -0.2) is 4.79 Å². The molecular formula is C13H15Cl2NO5. The Morgan fingerprint density at radius 3 is 2.62 bits per heavy atom. The minimum Gasteiger partial charge on any atom is -0.493 e. The van der Waals surface area contributed by atoms with Crippen LogP contribution in [0.2, 0.25) is 10.0 Å². The number of nitrogens with one attached hydrogen (secondary N) is 1. The van der Waals surface area contributed by atoms with Gasteiger partial charge in [-0.15, -0.1) is 0 Å². The molecule has 3 N–H and O–H groups in total.